The van der Waals surface area contributed by atoms with Gasteiger partial charge in [0.05, 0.1) is 12.3 Å². The summed E-state index contributed by atoms with van der Waals surface area (Å²) in [6.07, 6.45) is 2.62. The SMILES string of the molecule is CC1CN2CCCC2CN1c1ccc(CO)nn1. The average Bonchev–Trinajstić information content (AvgIpc) is 2.85. The fourth-order valence-corrected chi connectivity index (χ4v) is 3.10. The Bertz CT molecular complexity index is 408. The molecular weight excluding hydrogens is 228 g/mol. The molecule has 18 heavy (non-hydrogen) atoms. The van der Waals surface area contributed by atoms with Crippen LogP contribution < -0.4 is 4.90 Å². The van der Waals surface area contributed by atoms with Gasteiger partial charge < -0.3 is 10.0 Å². The molecule has 2 atom stereocenters. The van der Waals surface area contributed by atoms with Crippen molar-refractivity contribution in [3.63, 3.8) is 0 Å². The zero-order valence-corrected chi connectivity index (χ0v) is 10.8. The lowest BCUT2D eigenvalue weighted by molar-refractivity contribution is 0.202. The summed E-state index contributed by atoms with van der Waals surface area (Å²) in [6.45, 7) is 5.62. The molecule has 1 aromatic rings. The van der Waals surface area contributed by atoms with Crippen molar-refractivity contribution in [1.82, 2.24) is 15.1 Å². The second kappa shape index (κ2) is 4.82. The van der Waals surface area contributed by atoms with E-state index in [4.69, 9.17) is 5.11 Å². The summed E-state index contributed by atoms with van der Waals surface area (Å²) < 4.78 is 0. The highest BCUT2D eigenvalue weighted by Gasteiger charge is 2.34. The summed E-state index contributed by atoms with van der Waals surface area (Å²) >= 11 is 0. The molecule has 1 aromatic heterocycles. The molecule has 98 valence electrons. The first-order valence-electron chi connectivity index (χ1n) is 6.72. The van der Waals surface area contributed by atoms with Crippen LogP contribution in [0.1, 0.15) is 25.5 Å². The number of anilines is 1. The van der Waals surface area contributed by atoms with Gasteiger partial charge in [-0.3, -0.25) is 4.90 Å². The molecule has 0 radical (unpaired) electrons. The number of hydrogen-bond acceptors (Lipinski definition) is 5. The van der Waals surface area contributed by atoms with E-state index in [9.17, 15) is 0 Å². The second-order valence-corrected chi connectivity index (χ2v) is 5.33. The van der Waals surface area contributed by atoms with Gasteiger partial charge in [-0.25, -0.2) is 0 Å². The van der Waals surface area contributed by atoms with Crippen molar-refractivity contribution in [2.75, 3.05) is 24.5 Å². The predicted molar refractivity (Wildman–Crippen MR) is 69.4 cm³/mol. The van der Waals surface area contributed by atoms with E-state index in [2.05, 4.69) is 26.9 Å². The van der Waals surface area contributed by atoms with Gasteiger partial charge in [-0.1, -0.05) is 0 Å². The number of rotatable bonds is 2. The van der Waals surface area contributed by atoms with Gasteiger partial charge >= 0.3 is 0 Å². The number of piperazine rings is 1. The normalized spacial score (nSPS) is 28.4. The average molecular weight is 248 g/mol. The van der Waals surface area contributed by atoms with Crippen LogP contribution in [0.5, 0.6) is 0 Å². The van der Waals surface area contributed by atoms with E-state index in [1.807, 2.05) is 12.1 Å². The molecule has 3 heterocycles. The summed E-state index contributed by atoms with van der Waals surface area (Å²) in [7, 11) is 0. The fraction of sp³-hybridized carbons (Fsp3) is 0.692. The third-order valence-corrected chi connectivity index (χ3v) is 4.10. The largest absolute Gasteiger partial charge is 0.390 e. The molecule has 5 heteroatoms. The molecule has 0 bridgehead atoms. The minimum Gasteiger partial charge on any atom is -0.390 e. The number of hydrogen-bond donors (Lipinski definition) is 1. The monoisotopic (exact) mass is 248 g/mol. The van der Waals surface area contributed by atoms with Crippen molar-refractivity contribution in [3.05, 3.63) is 17.8 Å². The van der Waals surface area contributed by atoms with Crippen LogP contribution in [-0.2, 0) is 6.61 Å². The number of aliphatic hydroxyl groups excluding tert-OH is 1. The minimum absolute atomic E-state index is 0.0424. The van der Waals surface area contributed by atoms with Gasteiger partial charge in [-0.15, -0.1) is 5.10 Å². The molecule has 2 saturated heterocycles. The summed E-state index contributed by atoms with van der Waals surface area (Å²) in [5.41, 5.74) is 0.630. The maximum absolute atomic E-state index is 8.99. The molecule has 5 nitrogen and oxygen atoms in total. The van der Waals surface area contributed by atoms with E-state index in [1.54, 1.807) is 0 Å². The third-order valence-electron chi connectivity index (χ3n) is 4.10. The molecule has 0 amide bonds. The van der Waals surface area contributed by atoms with Gasteiger partial charge in [-0.05, 0) is 38.4 Å². The van der Waals surface area contributed by atoms with Crippen LogP contribution in [0.2, 0.25) is 0 Å². The molecule has 3 rings (SSSR count). The zero-order chi connectivity index (χ0) is 12.5. The van der Waals surface area contributed by atoms with E-state index in [-0.39, 0.29) is 6.61 Å². The van der Waals surface area contributed by atoms with Crippen molar-refractivity contribution >= 4 is 5.82 Å². The first kappa shape index (κ1) is 11.9. The molecule has 2 aliphatic rings. The lowest BCUT2D eigenvalue weighted by Crippen LogP contribution is -2.55. The van der Waals surface area contributed by atoms with Crippen molar-refractivity contribution in [3.8, 4) is 0 Å². The Balaban J connectivity index is 1.77. The standard InChI is InChI=1S/C13H20N4O/c1-10-7-16-6-2-3-12(16)8-17(10)13-5-4-11(9-18)14-15-13/h4-5,10,12,18H,2-3,6-9H2,1H3. The Morgan fingerprint density at radius 3 is 2.94 bits per heavy atom. The van der Waals surface area contributed by atoms with Crippen LogP contribution in [0.4, 0.5) is 5.82 Å². The number of nitrogens with zero attached hydrogens (tertiary/aromatic N) is 4. The van der Waals surface area contributed by atoms with Crippen LogP contribution in [0.3, 0.4) is 0 Å². The quantitative estimate of drug-likeness (QED) is 0.832. The molecule has 1 N–H and O–H groups in total. The van der Waals surface area contributed by atoms with Gasteiger partial charge in [0.15, 0.2) is 5.82 Å². The first-order valence-corrected chi connectivity index (χ1v) is 6.72. The fourth-order valence-electron chi connectivity index (χ4n) is 3.10. The number of aliphatic hydroxyl groups is 1. The minimum atomic E-state index is -0.0424. The van der Waals surface area contributed by atoms with Crippen molar-refractivity contribution < 1.29 is 5.11 Å². The summed E-state index contributed by atoms with van der Waals surface area (Å²) in [5, 5.41) is 17.3. The van der Waals surface area contributed by atoms with Gasteiger partial charge in [0, 0.05) is 25.2 Å². The molecule has 0 aromatic carbocycles. The maximum Gasteiger partial charge on any atom is 0.151 e. The third kappa shape index (κ3) is 2.08. The Kier molecular flexibility index (Phi) is 3.18. The predicted octanol–water partition coefficient (Wildman–Crippen LogP) is 0.642. The van der Waals surface area contributed by atoms with E-state index in [1.165, 1.54) is 19.4 Å². The lowest BCUT2D eigenvalue weighted by atomic mass is 10.1. The Labute approximate surface area is 107 Å². The second-order valence-electron chi connectivity index (χ2n) is 5.33. The Hall–Kier alpha value is -1.20. The smallest absolute Gasteiger partial charge is 0.151 e. The Morgan fingerprint density at radius 2 is 2.22 bits per heavy atom. The van der Waals surface area contributed by atoms with Gasteiger partial charge in [0.1, 0.15) is 0 Å². The van der Waals surface area contributed by atoms with Crippen LogP contribution in [0, 0.1) is 0 Å². The molecule has 0 aliphatic carbocycles. The van der Waals surface area contributed by atoms with E-state index in [0.29, 0.717) is 17.8 Å². The summed E-state index contributed by atoms with van der Waals surface area (Å²) in [5.74, 6) is 0.936. The van der Waals surface area contributed by atoms with Crippen molar-refractivity contribution in [2.45, 2.75) is 38.5 Å². The molecular formula is C13H20N4O. The van der Waals surface area contributed by atoms with Crippen LogP contribution in [0.15, 0.2) is 12.1 Å². The lowest BCUT2D eigenvalue weighted by Gasteiger charge is -2.42. The maximum atomic E-state index is 8.99. The van der Waals surface area contributed by atoms with Crippen LogP contribution in [-0.4, -0.2) is 51.9 Å². The molecule has 2 unspecified atom stereocenters. The molecule has 0 saturated carbocycles. The van der Waals surface area contributed by atoms with Crippen molar-refractivity contribution in [2.24, 2.45) is 0 Å². The highest BCUT2D eigenvalue weighted by Crippen LogP contribution is 2.27. The highest BCUT2D eigenvalue weighted by atomic mass is 16.3. The molecule has 0 spiro atoms. The zero-order valence-electron chi connectivity index (χ0n) is 10.8. The van der Waals surface area contributed by atoms with E-state index in [0.717, 1.165) is 18.9 Å². The van der Waals surface area contributed by atoms with Gasteiger partial charge in [0.25, 0.3) is 0 Å². The van der Waals surface area contributed by atoms with Gasteiger partial charge in [0.2, 0.25) is 0 Å². The van der Waals surface area contributed by atoms with E-state index < -0.39 is 0 Å². The highest BCUT2D eigenvalue weighted by molar-refractivity contribution is 5.40. The summed E-state index contributed by atoms with van der Waals surface area (Å²) in [6, 6.07) is 4.99. The first-order chi connectivity index (χ1) is 8.78. The van der Waals surface area contributed by atoms with Crippen LogP contribution in [0.25, 0.3) is 0 Å². The van der Waals surface area contributed by atoms with Crippen LogP contribution >= 0.6 is 0 Å². The van der Waals surface area contributed by atoms with Crippen molar-refractivity contribution in [1.29, 1.82) is 0 Å². The topological polar surface area (TPSA) is 52.5 Å². The Morgan fingerprint density at radius 1 is 1.33 bits per heavy atom. The number of fused-ring (bicyclic) bond motifs is 1. The number of aromatic nitrogens is 2. The summed E-state index contributed by atoms with van der Waals surface area (Å²) in [4.78, 5) is 4.94. The van der Waals surface area contributed by atoms with E-state index >= 15 is 0 Å². The van der Waals surface area contributed by atoms with Gasteiger partial charge in [-0.2, -0.15) is 5.10 Å². The molecule has 2 fully saturated rings. The molecule has 2 aliphatic heterocycles.